The molecule has 3 aromatic rings. The van der Waals surface area contributed by atoms with Gasteiger partial charge in [-0.25, -0.2) is 4.98 Å². The van der Waals surface area contributed by atoms with E-state index in [9.17, 15) is 0 Å². The number of aryl methyl sites for hydroxylation is 2. The lowest BCUT2D eigenvalue weighted by atomic mass is 10.1. The molecule has 0 bridgehead atoms. The average molecular weight is 438 g/mol. The molecule has 1 unspecified atom stereocenters. The van der Waals surface area contributed by atoms with Gasteiger partial charge in [0.2, 0.25) is 0 Å². The molecule has 0 radical (unpaired) electrons. The zero-order valence-corrected chi connectivity index (χ0v) is 19.9. The van der Waals surface area contributed by atoms with Crippen LogP contribution in [0, 0.1) is 0 Å². The number of aromatic nitrogens is 3. The first-order valence-corrected chi connectivity index (χ1v) is 12.0. The quantitative estimate of drug-likeness (QED) is 0.324. The molecular formula is C27H39N3O2. The van der Waals surface area contributed by atoms with Gasteiger partial charge in [-0.2, -0.15) is 5.10 Å². The summed E-state index contributed by atoms with van der Waals surface area (Å²) in [7, 11) is 0. The van der Waals surface area contributed by atoms with Crippen molar-refractivity contribution in [2.24, 2.45) is 0 Å². The van der Waals surface area contributed by atoms with Crippen LogP contribution in [0.4, 0.5) is 0 Å². The summed E-state index contributed by atoms with van der Waals surface area (Å²) in [6.07, 6.45) is 12.4. The standard InChI is InChI=1S/C22H30O.C5H9N3O/c1-3-5-7-13-19-15-9-11-17-21(19)23-22-18-12-10-16-20(22)14-8-6-4-2;1-5(9)2-8-4-6-3-7-8/h9-12,15-18H,3-8,13-14H2,1-2H3;3-5,9H,2H2,1H3. The number of benzene rings is 2. The maximum absolute atomic E-state index is 8.84. The Morgan fingerprint density at radius 3 is 1.81 bits per heavy atom. The molecule has 2 aromatic carbocycles. The number of para-hydroxylation sites is 2. The van der Waals surface area contributed by atoms with Crippen molar-refractivity contribution in [3.63, 3.8) is 0 Å². The first-order valence-electron chi connectivity index (χ1n) is 12.0. The summed E-state index contributed by atoms with van der Waals surface area (Å²) in [5, 5.41) is 12.6. The minimum Gasteiger partial charge on any atom is -0.457 e. The van der Waals surface area contributed by atoms with E-state index in [1.165, 1.54) is 56.0 Å². The fourth-order valence-electron chi connectivity index (χ4n) is 3.47. The highest BCUT2D eigenvalue weighted by Crippen LogP contribution is 2.30. The molecule has 1 N–H and O–H groups in total. The van der Waals surface area contributed by atoms with Crippen LogP contribution >= 0.6 is 0 Å². The predicted molar refractivity (Wildman–Crippen MR) is 131 cm³/mol. The largest absolute Gasteiger partial charge is 0.457 e. The fourth-order valence-corrected chi connectivity index (χ4v) is 3.47. The highest BCUT2D eigenvalue weighted by atomic mass is 16.5. The van der Waals surface area contributed by atoms with E-state index in [2.05, 4.69) is 72.5 Å². The van der Waals surface area contributed by atoms with Crippen LogP contribution in [-0.2, 0) is 19.4 Å². The molecule has 0 amide bonds. The van der Waals surface area contributed by atoms with Crippen molar-refractivity contribution in [3.05, 3.63) is 72.3 Å². The van der Waals surface area contributed by atoms with Gasteiger partial charge in [-0.15, -0.1) is 0 Å². The lowest BCUT2D eigenvalue weighted by molar-refractivity contribution is 0.168. The molecule has 0 aliphatic heterocycles. The highest BCUT2D eigenvalue weighted by Gasteiger charge is 2.08. The normalized spacial score (nSPS) is 11.5. The molecule has 0 saturated carbocycles. The minimum absolute atomic E-state index is 0.355. The highest BCUT2D eigenvalue weighted by molar-refractivity contribution is 5.41. The number of aliphatic hydroxyl groups excluding tert-OH is 1. The van der Waals surface area contributed by atoms with Crippen molar-refractivity contribution in [1.82, 2.24) is 14.8 Å². The molecule has 0 aliphatic rings. The number of unbranched alkanes of at least 4 members (excludes halogenated alkanes) is 4. The summed E-state index contributed by atoms with van der Waals surface area (Å²) >= 11 is 0. The van der Waals surface area contributed by atoms with Crippen molar-refractivity contribution < 1.29 is 9.84 Å². The van der Waals surface area contributed by atoms with Gasteiger partial charge in [-0.05, 0) is 55.9 Å². The van der Waals surface area contributed by atoms with E-state index in [1.807, 2.05) is 0 Å². The van der Waals surface area contributed by atoms with Crippen LogP contribution in [0.5, 0.6) is 11.5 Å². The molecule has 0 spiro atoms. The van der Waals surface area contributed by atoms with Crippen molar-refractivity contribution >= 4 is 0 Å². The number of hydrogen-bond donors (Lipinski definition) is 1. The van der Waals surface area contributed by atoms with Gasteiger partial charge in [0.05, 0.1) is 12.6 Å². The van der Waals surface area contributed by atoms with Gasteiger partial charge in [0.1, 0.15) is 24.2 Å². The zero-order valence-electron chi connectivity index (χ0n) is 19.9. The maximum atomic E-state index is 8.84. The first kappa shape index (κ1) is 25.6. The van der Waals surface area contributed by atoms with E-state index in [4.69, 9.17) is 9.84 Å². The predicted octanol–water partition coefficient (Wildman–Crippen LogP) is 6.60. The Bertz CT molecular complexity index is 811. The van der Waals surface area contributed by atoms with E-state index < -0.39 is 0 Å². The summed E-state index contributed by atoms with van der Waals surface area (Å²) in [5.74, 6) is 2.04. The van der Waals surface area contributed by atoms with Crippen LogP contribution in [0.1, 0.15) is 70.4 Å². The Balaban J connectivity index is 0.000000336. The van der Waals surface area contributed by atoms with Crippen molar-refractivity contribution in [2.75, 3.05) is 0 Å². The Labute approximate surface area is 193 Å². The molecule has 3 rings (SSSR count). The van der Waals surface area contributed by atoms with Gasteiger partial charge in [0, 0.05) is 0 Å². The number of rotatable bonds is 12. The lowest BCUT2D eigenvalue weighted by Crippen LogP contribution is -2.11. The minimum atomic E-state index is -0.355. The Hall–Kier alpha value is -2.66. The molecule has 5 nitrogen and oxygen atoms in total. The molecule has 0 fully saturated rings. The first-order chi connectivity index (χ1) is 15.6. The van der Waals surface area contributed by atoms with Crippen molar-refractivity contribution in [1.29, 1.82) is 0 Å². The van der Waals surface area contributed by atoms with Crippen LogP contribution in [0.25, 0.3) is 0 Å². The van der Waals surface area contributed by atoms with Gasteiger partial charge in [-0.1, -0.05) is 75.9 Å². The lowest BCUT2D eigenvalue weighted by Gasteiger charge is -2.14. The Morgan fingerprint density at radius 2 is 1.38 bits per heavy atom. The van der Waals surface area contributed by atoms with E-state index in [-0.39, 0.29) is 6.10 Å². The summed E-state index contributed by atoms with van der Waals surface area (Å²) in [4.78, 5) is 3.72. The summed E-state index contributed by atoms with van der Waals surface area (Å²) in [6.45, 7) is 6.71. The second-order valence-corrected chi connectivity index (χ2v) is 8.20. The molecule has 174 valence electrons. The van der Waals surface area contributed by atoms with E-state index >= 15 is 0 Å². The SMILES string of the molecule is CC(O)Cn1cncn1.CCCCCc1ccccc1Oc1ccccc1CCCCC. The number of hydrogen-bond acceptors (Lipinski definition) is 4. The summed E-state index contributed by atoms with van der Waals surface area (Å²) in [5.41, 5.74) is 2.65. The van der Waals surface area contributed by atoms with E-state index in [0.29, 0.717) is 6.54 Å². The monoisotopic (exact) mass is 437 g/mol. The van der Waals surface area contributed by atoms with Crippen LogP contribution in [0.2, 0.25) is 0 Å². The van der Waals surface area contributed by atoms with Crippen LogP contribution in [0.3, 0.4) is 0 Å². The third-order valence-corrected chi connectivity index (χ3v) is 5.18. The zero-order chi connectivity index (χ0) is 23.0. The van der Waals surface area contributed by atoms with Gasteiger partial charge in [0.15, 0.2) is 0 Å². The summed E-state index contributed by atoms with van der Waals surface area (Å²) < 4.78 is 7.89. The second kappa shape index (κ2) is 15.2. The third-order valence-electron chi connectivity index (χ3n) is 5.18. The van der Waals surface area contributed by atoms with Crippen LogP contribution < -0.4 is 4.74 Å². The number of nitrogens with zero attached hydrogens (tertiary/aromatic N) is 3. The van der Waals surface area contributed by atoms with Crippen LogP contribution in [0.15, 0.2) is 61.2 Å². The van der Waals surface area contributed by atoms with Gasteiger partial charge < -0.3 is 9.84 Å². The average Bonchev–Trinajstić information content (AvgIpc) is 3.29. The third kappa shape index (κ3) is 9.65. The second-order valence-electron chi connectivity index (χ2n) is 8.20. The van der Waals surface area contributed by atoms with E-state index in [1.54, 1.807) is 17.9 Å². The van der Waals surface area contributed by atoms with Gasteiger partial charge in [-0.3, -0.25) is 4.68 Å². The Morgan fingerprint density at radius 1 is 0.844 bits per heavy atom. The van der Waals surface area contributed by atoms with Gasteiger partial charge in [0.25, 0.3) is 0 Å². The topological polar surface area (TPSA) is 60.2 Å². The van der Waals surface area contributed by atoms with Gasteiger partial charge >= 0.3 is 0 Å². The molecule has 1 heterocycles. The molecule has 5 heteroatoms. The summed E-state index contributed by atoms with van der Waals surface area (Å²) in [6, 6.07) is 17.0. The van der Waals surface area contributed by atoms with Crippen molar-refractivity contribution in [2.45, 2.75) is 84.8 Å². The molecule has 1 aromatic heterocycles. The van der Waals surface area contributed by atoms with Crippen LogP contribution in [-0.4, -0.2) is 26.0 Å². The van der Waals surface area contributed by atoms with Crippen molar-refractivity contribution in [3.8, 4) is 11.5 Å². The molecule has 0 saturated heterocycles. The smallest absolute Gasteiger partial charge is 0.137 e. The Kier molecular flexibility index (Phi) is 12.2. The maximum Gasteiger partial charge on any atom is 0.137 e. The molecule has 1 atom stereocenters. The molecule has 32 heavy (non-hydrogen) atoms. The molecular weight excluding hydrogens is 398 g/mol. The fraction of sp³-hybridized carbons (Fsp3) is 0.481. The number of aliphatic hydroxyl groups is 1. The number of ether oxygens (including phenoxy) is 1. The molecule has 0 aliphatic carbocycles. The van der Waals surface area contributed by atoms with E-state index in [0.717, 1.165) is 24.3 Å².